The van der Waals surface area contributed by atoms with Crippen LogP contribution in [-0.2, 0) is 12.4 Å². The normalized spacial score (nSPS) is 10.5. The van der Waals surface area contributed by atoms with Crippen LogP contribution in [-0.4, -0.2) is 12.0 Å². The summed E-state index contributed by atoms with van der Waals surface area (Å²) in [4.78, 5) is 7.92. The van der Waals surface area contributed by atoms with E-state index in [0.717, 1.165) is 17.4 Å². The molecule has 80 valence electrons. The van der Waals surface area contributed by atoms with Gasteiger partial charge in [-0.1, -0.05) is 6.07 Å². The Morgan fingerprint density at radius 3 is 2.93 bits per heavy atom. The van der Waals surface area contributed by atoms with Gasteiger partial charge in [-0.05, 0) is 11.4 Å². The number of halogens is 1. The highest BCUT2D eigenvalue weighted by atomic mass is 35.5. The minimum atomic E-state index is 0.489. The molecular weight excluding hydrogens is 248 g/mol. The van der Waals surface area contributed by atoms with Crippen LogP contribution in [0, 0.1) is 0 Å². The van der Waals surface area contributed by atoms with E-state index in [9.17, 15) is 0 Å². The summed E-state index contributed by atoms with van der Waals surface area (Å²) in [5.41, 5.74) is 0.953. The van der Waals surface area contributed by atoms with Crippen LogP contribution in [0.2, 0.25) is 0 Å². The molecule has 2 aromatic heterocycles. The second-order valence-electron chi connectivity index (χ2n) is 3.19. The minimum absolute atomic E-state index is 0.489. The lowest BCUT2D eigenvalue weighted by Gasteiger charge is -2.13. The quantitative estimate of drug-likeness (QED) is 0.780. The minimum Gasteiger partial charge on any atom is -0.346 e. The van der Waals surface area contributed by atoms with Crippen molar-refractivity contribution in [3.8, 4) is 0 Å². The summed E-state index contributed by atoms with van der Waals surface area (Å²) in [6.07, 6.45) is 0. The fourth-order valence-corrected chi connectivity index (χ4v) is 3.01. The van der Waals surface area contributed by atoms with Crippen molar-refractivity contribution < 1.29 is 0 Å². The Balaban J connectivity index is 2.04. The lowest BCUT2D eigenvalue weighted by molar-refractivity contribution is 0.925. The number of aromatic nitrogens is 1. The molecule has 0 aromatic carbocycles. The third kappa shape index (κ3) is 2.71. The van der Waals surface area contributed by atoms with Gasteiger partial charge < -0.3 is 4.90 Å². The topological polar surface area (TPSA) is 16.1 Å². The fraction of sp³-hybridized carbons (Fsp3) is 0.300. The molecule has 2 aromatic rings. The maximum absolute atomic E-state index is 5.72. The SMILES string of the molecule is CN(Cc1cccs1)c1nc(CCl)cs1. The highest BCUT2D eigenvalue weighted by Gasteiger charge is 2.07. The number of alkyl halides is 1. The lowest BCUT2D eigenvalue weighted by atomic mass is 10.4. The van der Waals surface area contributed by atoms with Gasteiger partial charge in [-0.2, -0.15) is 0 Å². The van der Waals surface area contributed by atoms with Crippen LogP contribution in [0.5, 0.6) is 0 Å². The number of anilines is 1. The average molecular weight is 259 g/mol. The maximum atomic E-state index is 5.72. The van der Waals surface area contributed by atoms with E-state index in [0.29, 0.717) is 5.88 Å². The summed E-state index contributed by atoms with van der Waals surface area (Å²) in [6.45, 7) is 0.910. The molecule has 0 amide bonds. The standard InChI is InChI=1S/C10H11ClN2S2/c1-13(6-9-3-2-4-14-9)10-12-8(5-11)7-15-10/h2-4,7H,5-6H2,1H3. The Kier molecular flexibility index (Phi) is 3.61. The summed E-state index contributed by atoms with van der Waals surface area (Å²) >= 11 is 9.12. The molecule has 0 aliphatic rings. The molecular formula is C10H11ClN2S2. The van der Waals surface area contributed by atoms with Crippen molar-refractivity contribution in [3.63, 3.8) is 0 Å². The van der Waals surface area contributed by atoms with Crippen molar-refractivity contribution in [2.24, 2.45) is 0 Å². The first-order valence-electron chi connectivity index (χ1n) is 4.53. The van der Waals surface area contributed by atoms with E-state index in [2.05, 4.69) is 34.4 Å². The highest BCUT2D eigenvalue weighted by Crippen LogP contribution is 2.22. The molecule has 0 bridgehead atoms. The molecule has 0 N–H and O–H groups in total. The smallest absolute Gasteiger partial charge is 0.185 e. The van der Waals surface area contributed by atoms with Gasteiger partial charge in [0.2, 0.25) is 0 Å². The Morgan fingerprint density at radius 2 is 2.33 bits per heavy atom. The van der Waals surface area contributed by atoms with Gasteiger partial charge in [0.1, 0.15) is 0 Å². The van der Waals surface area contributed by atoms with Crippen LogP contribution < -0.4 is 4.90 Å². The predicted molar refractivity (Wildman–Crippen MR) is 68.1 cm³/mol. The van der Waals surface area contributed by atoms with Crippen LogP contribution in [0.3, 0.4) is 0 Å². The molecule has 2 rings (SSSR count). The number of hydrogen-bond acceptors (Lipinski definition) is 4. The van der Waals surface area contributed by atoms with E-state index < -0.39 is 0 Å². The predicted octanol–water partition coefficient (Wildman–Crippen LogP) is 3.58. The van der Waals surface area contributed by atoms with Gasteiger partial charge in [-0.25, -0.2) is 4.98 Å². The number of thiophene rings is 1. The van der Waals surface area contributed by atoms with Gasteiger partial charge in [0.15, 0.2) is 5.13 Å². The lowest BCUT2D eigenvalue weighted by Crippen LogP contribution is -2.15. The van der Waals surface area contributed by atoms with E-state index in [1.807, 2.05) is 5.38 Å². The molecule has 5 heteroatoms. The number of thiazole rings is 1. The van der Waals surface area contributed by atoms with Crippen molar-refractivity contribution in [3.05, 3.63) is 33.5 Å². The van der Waals surface area contributed by atoms with E-state index >= 15 is 0 Å². The summed E-state index contributed by atoms with van der Waals surface area (Å²) in [7, 11) is 2.05. The summed E-state index contributed by atoms with van der Waals surface area (Å²) < 4.78 is 0. The van der Waals surface area contributed by atoms with E-state index in [1.54, 1.807) is 22.7 Å². The molecule has 0 saturated carbocycles. The Bertz CT molecular complexity index is 411. The zero-order valence-corrected chi connectivity index (χ0v) is 10.7. The summed E-state index contributed by atoms with van der Waals surface area (Å²) in [5, 5.41) is 5.13. The molecule has 2 heterocycles. The second kappa shape index (κ2) is 4.96. The Hall–Kier alpha value is -0.580. The van der Waals surface area contributed by atoms with Gasteiger partial charge >= 0.3 is 0 Å². The second-order valence-corrected chi connectivity index (χ2v) is 5.33. The molecule has 0 atom stereocenters. The third-order valence-corrected chi connectivity index (χ3v) is 4.11. The molecule has 2 nitrogen and oxygen atoms in total. The summed E-state index contributed by atoms with van der Waals surface area (Å²) in [5.74, 6) is 0.489. The van der Waals surface area contributed by atoms with Crippen molar-refractivity contribution in [1.82, 2.24) is 4.98 Å². The van der Waals surface area contributed by atoms with E-state index in [4.69, 9.17) is 11.6 Å². The fourth-order valence-electron chi connectivity index (χ4n) is 1.24. The first kappa shape index (κ1) is 10.9. The maximum Gasteiger partial charge on any atom is 0.185 e. The van der Waals surface area contributed by atoms with E-state index in [-0.39, 0.29) is 0 Å². The van der Waals surface area contributed by atoms with Crippen LogP contribution in [0.1, 0.15) is 10.6 Å². The molecule has 0 saturated heterocycles. The molecule has 0 aliphatic carbocycles. The van der Waals surface area contributed by atoms with Gasteiger partial charge in [-0.15, -0.1) is 34.3 Å². The number of rotatable bonds is 4. The van der Waals surface area contributed by atoms with Gasteiger partial charge in [0.05, 0.1) is 18.1 Å². The molecule has 0 fully saturated rings. The van der Waals surface area contributed by atoms with Gasteiger partial charge in [0, 0.05) is 17.3 Å². The number of hydrogen-bond donors (Lipinski definition) is 0. The molecule has 0 aliphatic heterocycles. The van der Waals surface area contributed by atoms with Crippen molar-refractivity contribution in [2.45, 2.75) is 12.4 Å². The van der Waals surface area contributed by atoms with Crippen molar-refractivity contribution in [2.75, 3.05) is 11.9 Å². The van der Waals surface area contributed by atoms with Crippen LogP contribution in [0.25, 0.3) is 0 Å². The number of nitrogens with zero attached hydrogens (tertiary/aromatic N) is 2. The Labute approximate surface area is 102 Å². The zero-order chi connectivity index (χ0) is 10.7. The third-order valence-electron chi connectivity index (χ3n) is 1.98. The van der Waals surface area contributed by atoms with Gasteiger partial charge in [-0.3, -0.25) is 0 Å². The molecule has 0 spiro atoms. The van der Waals surface area contributed by atoms with E-state index in [1.165, 1.54) is 4.88 Å². The van der Waals surface area contributed by atoms with Crippen molar-refractivity contribution in [1.29, 1.82) is 0 Å². The Morgan fingerprint density at radius 1 is 1.47 bits per heavy atom. The van der Waals surface area contributed by atoms with Gasteiger partial charge in [0.25, 0.3) is 0 Å². The molecule has 15 heavy (non-hydrogen) atoms. The van der Waals surface area contributed by atoms with Crippen LogP contribution in [0.4, 0.5) is 5.13 Å². The average Bonchev–Trinajstić information content (AvgIpc) is 2.86. The highest BCUT2D eigenvalue weighted by molar-refractivity contribution is 7.13. The van der Waals surface area contributed by atoms with Crippen molar-refractivity contribution >= 4 is 39.4 Å². The largest absolute Gasteiger partial charge is 0.346 e. The van der Waals surface area contributed by atoms with Crippen LogP contribution in [0.15, 0.2) is 22.9 Å². The summed E-state index contributed by atoms with van der Waals surface area (Å²) in [6, 6.07) is 4.21. The first-order valence-corrected chi connectivity index (χ1v) is 6.83. The monoisotopic (exact) mass is 258 g/mol. The molecule has 0 unspecified atom stereocenters. The first-order chi connectivity index (χ1) is 7.29. The van der Waals surface area contributed by atoms with Crippen LogP contribution >= 0.6 is 34.3 Å². The molecule has 0 radical (unpaired) electrons. The zero-order valence-electron chi connectivity index (χ0n) is 8.31.